The standard InChI is InChI=1S/C28H34FN7O2S/c1-18-16-31-27(34-25-15-23(29)22(17-30-25)19-8-11-35(5)12-9-19)33-24(18)14-21-7-6-20-10-13-36(26(20)32-21)39(37,38)28(2,3)4/h6-7,10,13,15-17,19H,8-9,11-12,14H2,1-5H3,(H,30,31,33,34). The van der Waals surface area contributed by atoms with E-state index in [2.05, 4.69) is 37.2 Å². The number of rotatable bonds is 6. The van der Waals surface area contributed by atoms with E-state index in [1.807, 2.05) is 19.1 Å². The van der Waals surface area contributed by atoms with Crippen molar-refractivity contribution in [2.24, 2.45) is 0 Å². The van der Waals surface area contributed by atoms with Crippen molar-refractivity contribution in [3.8, 4) is 0 Å². The van der Waals surface area contributed by atoms with E-state index in [4.69, 9.17) is 0 Å². The van der Waals surface area contributed by atoms with E-state index in [0.717, 1.165) is 42.6 Å². The second-order valence-corrected chi connectivity index (χ2v) is 13.8. The Labute approximate surface area is 228 Å². The topological polar surface area (TPSA) is 106 Å². The number of hydrogen-bond acceptors (Lipinski definition) is 8. The molecule has 0 aromatic carbocycles. The van der Waals surface area contributed by atoms with Crippen LogP contribution in [0.5, 0.6) is 0 Å². The summed E-state index contributed by atoms with van der Waals surface area (Å²) in [6.07, 6.45) is 7.06. The monoisotopic (exact) mass is 551 g/mol. The number of anilines is 2. The van der Waals surface area contributed by atoms with Crippen LogP contribution in [0.4, 0.5) is 16.2 Å². The van der Waals surface area contributed by atoms with Gasteiger partial charge in [-0.25, -0.2) is 36.7 Å². The molecule has 0 bridgehead atoms. The van der Waals surface area contributed by atoms with E-state index >= 15 is 0 Å². The first kappa shape index (κ1) is 27.1. The second-order valence-electron chi connectivity index (χ2n) is 11.2. The molecule has 5 rings (SSSR count). The molecule has 0 spiro atoms. The molecule has 5 heterocycles. The lowest BCUT2D eigenvalue weighted by atomic mass is 9.90. The first-order chi connectivity index (χ1) is 18.4. The van der Waals surface area contributed by atoms with Crippen LogP contribution in [0.25, 0.3) is 11.0 Å². The fourth-order valence-corrected chi connectivity index (χ4v) is 5.93. The van der Waals surface area contributed by atoms with Crippen LogP contribution in [0, 0.1) is 12.7 Å². The van der Waals surface area contributed by atoms with Crippen molar-refractivity contribution in [1.82, 2.24) is 28.8 Å². The number of halogens is 1. The van der Waals surface area contributed by atoms with Crippen LogP contribution in [0.2, 0.25) is 0 Å². The molecule has 1 aliphatic rings. The van der Waals surface area contributed by atoms with Gasteiger partial charge in [-0.3, -0.25) is 0 Å². The summed E-state index contributed by atoms with van der Waals surface area (Å²) in [7, 11) is -1.56. The highest BCUT2D eigenvalue weighted by atomic mass is 32.2. The van der Waals surface area contributed by atoms with Gasteiger partial charge in [0.15, 0.2) is 5.65 Å². The second kappa shape index (κ2) is 10.3. The average Bonchev–Trinajstić information content (AvgIpc) is 3.30. The maximum Gasteiger partial charge on any atom is 0.245 e. The largest absolute Gasteiger partial charge is 0.309 e. The maximum absolute atomic E-state index is 15.0. The molecule has 0 radical (unpaired) electrons. The Hall–Kier alpha value is -3.44. The summed E-state index contributed by atoms with van der Waals surface area (Å²) in [4.78, 5) is 20.3. The van der Waals surface area contributed by atoms with Crippen LogP contribution < -0.4 is 5.32 Å². The van der Waals surface area contributed by atoms with Gasteiger partial charge in [-0.1, -0.05) is 0 Å². The van der Waals surface area contributed by atoms with Crippen LogP contribution in [-0.4, -0.2) is 62.1 Å². The Kier molecular flexibility index (Phi) is 7.15. The zero-order valence-corrected chi connectivity index (χ0v) is 23.8. The van der Waals surface area contributed by atoms with Gasteiger partial charge in [0.2, 0.25) is 16.0 Å². The van der Waals surface area contributed by atoms with Gasteiger partial charge in [0.1, 0.15) is 11.6 Å². The highest BCUT2D eigenvalue weighted by Gasteiger charge is 2.32. The van der Waals surface area contributed by atoms with Crippen molar-refractivity contribution >= 4 is 32.8 Å². The van der Waals surface area contributed by atoms with Crippen LogP contribution in [0.15, 0.2) is 42.9 Å². The third kappa shape index (κ3) is 5.51. The van der Waals surface area contributed by atoms with Gasteiger partial charge in [0, 0.05) is 47.7 Å². The number of piperidine rings is 1. The van der Waals surface area contributed by atoms with Gasteiger partial charge < -0.3 is 10.2 Å². The van der Waals surface area contributed by atoms with Crippen molar-refractivity contribution in [2.75, 3.05) is 25.5 Å². The smallest absolute Gasteiger partial charge is 0.245 e. The first-order valence-electron chi connectivity index (χ1n) is 13.1. The summed E-state index contributed by atoms with van der Waals surface area (Å²) >= 11 is 0. The summed E-state index contributed by atoms with van der Waals surface area (Å²) in [6, 6.07) is 6.87. The molecule has 206 valence electrons. The number of pyridine rings is 2. The van der Waals surface area contributed by atoms with E-state index < -0.39 is 14.8 Å². The molecule has 9 nitrogen and oxygen atoms in total. The Bertz CT molecular complexity index is 1620. The minimum atomic E-state index is -3.64. The third-order valence-electron chi connectivity index (χ3n) is 7.30. The predicted octanol–water partition coefficient (Wildman–Crippen LogP) is 4.79. The summed E-state index contributed by atoms with van der Waals surface area (Å²) in [5.41, 5.74) is 3.29. The molecular formula is C28H34FN7O2S. The zero-order chi connectivity index (χ0) is 27.9. The highest BCUT2D eigenvalue weighted by molar-refractivity contribution is 7.91. The summed E-state index contributed by atoms with van der Waals surface area (Å²) < 4.78 is 41.4. The van der Waals surface area contributed by atoms with E-state index in [1.165, 1.54) is 10.0 Å². The van der Waals surface area contributed by atoms with Crippen molar-refractivity contribution < 1.29 is 12.8 Å². The minimum Gasteiger partial charge on any atom is -0.309 e. The number of hydrogen-bond donors (Lipinski definition) is 1. The molecule has 0 saturated carbocycles. The molecule has 1 fully saturated rings. The number of nitrogens with one attached hydrogen (secondary N) is 1. The van der Waals surface area contributed by atoms with Crippen LogP contribution in [0.3, 0.4) is 0 Å². The quantitative estimate of drug-likeness (QED) is 0.365. The SMILES string of the molecule is Cc1cnc(Nc2cc(F)c(C3CCN(C)CC3)cn2)nc1Cc1ccc2ccn(S(=O)(=O)C(C)(C)C)c2n1. The van der Waals surface area contributed by atoms with Gasteiger partial charge in [-0.2, -0.15) is 0 Å². The lowest BCUT2D eigenvalue weighted by Gasteiger charge is -2.29. The van der Waals surface area contributed by atoms with Gasteiger partial charge in [0.05, 0.1) is 10.4 Å². The average molecular weight is 552 g/mol. The normalized spacial score (nSPS) is 15.6. The van der Waals surface area contributed by atoms with Crippen molar-refractivity contribution in [3.05, 3.63) is 71.2 Å². The Morgan fingerprint density at radius 1 is 1.08 bits per heavy atom. The number of aromatic nitrogens is 5. The molecule has 39 heavy (non-hydrogen) atoms. The van der Waals surface area contributed by atoms with E-state index in [-0.39, 0.29) is 11.7 Å². The lowest BCUT2D eigenvalue weighted by molar-refractivity contribution is 0.253. The fourth-order valence-electron chi connectivity index (χ4n) is 4.74. The Morgan fingerprint density at radius 2 is 1.82 bits per heavy atom. The molecule has 1 aliphatic heterocycles. The van der Waals surface area contributed by atoms with Crippen LogP contribution in [0.1, 0.15) is 62.0 Å². The van der Waals surface area contributed by atoms with Crippen molar-refractivity contribution in [3.63, 3.8) is 0 Å². The zero-order valence-electron chi connectivity index (χ0n) is 22.9. The lowest BCUT2D eigenvalue weighted by Crippen LogP contribution is -2.33. The number of likely N-dealkylation sites (tertiary alicyclic amines) is 1. The molecule has 0 aliphatic carbocycles. The van der Waals surface area contributed by atoms with E-state index in [1.54, 1.807) is 45.4 Å². The van der Waals surface area contributed by atoms with Gasteiger partial charge >= 0.3 is 0 Å². The third-order valence-corrected chi connectivity index (χ3v) is 9.66. The number of fused-ring (bicyclic) bond motifs is 1. The molecule has 4 aromatic rings. The molecule has 1 N–H and O–H groups in total. The summed E-state index contributed by atoms with van der Waals surface area (Å²) in [5.74, 6) is 0.535. The van der Waals surface area contributed by atoms with Crippen LogP contribution >= 0.6 is 0 Å². The molecule has 0 atom stereocenters. The molecule has 0 unspecified atom stereocenters. The van der Waals surface area contributed by atoms with E-state index in [0.29, 0.717) is 35.1 Å². The van der Waals surface area contributed by atoms with Crippen molar-refractivity contribution in [1.29, 1.82) is 0 Å². The highest BCUT2D eigenvalue weighted by Crippen LogP contribution is 2.30. The minimum absolute atomic E-state index is 0.175. The van der Waals surface area contributed by atoms with E-state index in [9.17, 15) is 12.8 Å². The van der Waals surface area contributed by atoms with Crippen molar-refractivity contribution in [2.45, 2.75) is 57.6 Å². The predicted molar refractivity (Wildman–Crippen MR) is 150 cm³/mol. The van der Waals surface area contributed by atoms with Gasteiger partial charge in [-0.15, -0.1) is 0 Å². The molecule has 4 aromatic heterocycles. The fraction of sp³-hybridized carbons (Fsp3) is 0.429. The number of aryl methyl sites for hydroxylation is 1. The summed E-state index contributed by atoms with van der Waals surface area (Å²) in [5, 5.41) is 3.76. The molecular weight excluding hydrogens is 517 g/mol. The summed E-state index contributed by atoms with van der Waals surface area (Å²) in [6.45, 7) is 8.80. The van der Waals surface area contributed by atoms with Gasteiger partial charge in [0.25, 0.3) is 0 Å². The Morgan fingerprint density at radius 3 is 2.51 bits per heavy atom. The maximum atomic E-state index is 15.0. The molecule has 1 saturated heterocycles. The molecule has 11 heteroatoms. The number of nitrogens with zero attached hydrogens (tertiary/aromatic N) is 6. The first-order valence-corrected chi connectivity index (χ1v) is 14.5. The molecule has 0 amide bonds. The van der Waals surface area contributed by atoms with Crippen LogP contribution in [-0.2, 0) is 16.4 Å². The Balaban J connectivity index is 1.37. The van der Waals surface area contributed by atoms with Gasteiger partial charge in [-0.05, 0) is 90.4 Å².